The highest BCUT2D eigenvalue weighted by Crippen LogP contribution is 2.27. The van der Waals surface area contributed by atoms with Crippen molar-refractivity contribution in [2.24, 2.45) is 11.7 Å². The molecule has 2 N–H and O–H groups in total. The molecule has 2 aromatic rings. The van der Waals surface area contributed by atoms with Crippen molar-refractivity contribution in [2.75, 3.05) is 6.54 Å². The van der Waals surface area contributed by atoms with Gasteiger partial charge < -0.3 is 5.73 Å². The van der Waals surface area contributed by atoms with Crippen molar-refractivity contribution in [3.05, 3.63) is 41.6 Å². The first-order chi connectivity index (χ1) is 7.36. The van der Waals surface area contributed by atoms with E-state index in [1.54, 1.807) is 0 Å². The number of rotatable bonds is 1. The average molecular weight is 198 g/mol. The molecule has 15 heavy (non-hydrogen) atoms. The van der Waals surface area contributed by atoms with Crippen LogP contribution in [0.4, 0.5) is 0 Å². The van der Waals surface area contributed by atoms with Crippen molar-refractivity contribution in [2.45, 2.75) is 12.8 Å². The SMILES string of the molecule is NC[C@@H]1Cc2cc3ccccc3nc2C1. The van der Waals surface area contributed by atoms with Gasteiger partial charge in [-0.25, -0.2) is 0 Å². The Labute approximate surface area is 89.1 Å². The molecule has 3 rings (SSSR count). The molecule has 0 fully saturated rings. The molecule has 0 saturated heterocycles. The quantitative estimate of drug-likeness (QED) is 0.760. The van der Waals surface area contributed by atoms with E-state index in [0.29, 0.717) is 5.92 Å². The molecular weight excluding hydrogens is 184 g/mol. The molecule has 2 nitrogen and oxygen atoms in total. The van der Waals surface area contributed by atoms with E-state index in [-0.39, 0.29) is 0 Å². The van der Waals surface area contributed by atoms with Gasteiger partial charge in [0.2, 0.25) is 0 Å². The molecule has 1 aromatic heterocycles. The third-order valence-electron chi connectivity index (χ3n) is 3.22. The number of nitrogens with zero attached hydrogens (tertiary/aromatic N) is 1. The lowest BCUT2D eigenvalue weighted by atomic mass is 10.1. The van der Waals surface area contributed by atoms with Gasteiger partial charge >= 0.3 is 0 Å². The van der Waals surface area contributed by atoms with Gasteiger partial charge in [0.15, 0.2) is 0 Å². The average Bonchev–Trinajstić information content (AvgIpc) is 2.67. The Morgan fingerprint density at radius 1 is 1.27 bits per heavy atom. The van der Waals surface area contributed by atoms with Crippen LogP contribution in [0.15, 0.2) is 30.3 Å². The first-order valence-electron chi connectivity index (χ1n) is 5.44. The first kappa shape index (κ1) is 8.86. The number of benzene rings is 1. The number of aromatic nitrogens is 1. The molecule has 0 radical (unpaired) electrons. The van der Waals surface area contributed by atoms with Crippen LogP contribution in [-0.2, 0) is 12.8 Å². The van der Waals surface area contributed by atoms with Crippen LogP contribution >= 0.6 is 0 Å². The molecule has 1 aliphatic rings. The fourth-order valence-electron chi connectivity index (χ4n) is 2.38. The number of fused-ring (bicyclic) bond motifs is 2. The van der Waals surface area contributed by atoms with Gasteiger partial charge in [-0.1, -0.05) is 18.2 Å². The number of pyridine rings is 1. The Morgan fingerprint density at radius 3 is 3.00 bits per heavy atom. The molecule has 1 aromatic carbocycles. The number of hydrogen-bond acceptors (Lipinski definition) is 2. The van der Waals surface area contributed by atoms with E-state index in [4.69, 9.17) is 10.7 Å². The predicted molar refractivity (Wildman–Crippen MR) is 61.7 cm³/mol. The van der Waals surface area contributed by atoms with Gasteiger partial charge in [-0.05, 0) is 43.0 Å². The van der Waals surface area contributed by atoms with E-state index in [1.165, 1.54) is 16.6 Å². The summed E-state index contributed by atoms with van der Waals surface area (Å²) < 4.78 is 0. The van der Waals surface area contributed by atoms with Gasteiger partial charge in [0.05, 0.1) is 5.52 Å². The molecule has 0 spiro atoms. The molecule has 1 heterocycles. The maximum absolute atomic E-state index is 5.71. The summed E-state index contributed by atoms with van der Waals surface area (Å²) in [4.78, 5) is 4.70. The maximum atomic E-state index is 5.71. The standard InChI is InChI=1S/C13H14N2/c14-8-9-5-11-7-10-3-1-2-4-12(10)15-13(11)6-9/h1-4,7,9H,5-6,8,14H2/t9-/m1/s1. The smallest absolute Gasteiger partial charge is 0.0705 e. The van der Waals surface area contributed by atoms with Crippen molar-refractivity contribution in [3.63, 3.8) is 0 Å². The van der Waals surface area contributed by atoms with E-state index >= 15 is 0 Å². The van der Waals surface area contributed by atoms with E-state index in [9.17, 15) is 0 Å². The van der Waals surface area contributed by atoms with Crippen LogP contribution in [0.2, 0.25) is 0 Å². The minimum atomic E-state index is 0.601. The zero-order chi connectivity index (χ0) is 10.3. The fourth-order valence-corrected chi connectivity index (χ4v) is 2.38. The zero-order valence-electron chi connectivity index (χ0n) is 8.61. The summed E-state index contributed by atoms with van der Waals surface area (Å²) >= 11 is 0. The molecular formula is C13H14N2. The Bertz CT molecular complexity index is 460. The molecule has 0 bridgehead atoms. The van der Waals surface area contributed by atoms with Crippen LogP contribution in [-0.4, -0.2) is 11.5 Å². The lowest BCUT2D eigenvalue weighted by molar-refractivity contribution is 0.572. The van der Waals surface area contributed by atoms with Gasteiger partial charge in [0, 0.05) is 11.1 Å². The molecule has 0 aliphatic heterocycles. The third-order valence-corrected chi connectivity index (χ3v) is 3.22. The zero-order valence-corrected chi connectivity index (χ0v) is 8.61. The second-order valence-electron chi connectivity index (χ2n) is 4.30. The first-order valence-corrected chi connectivity index (χ1v) is 5.44. The Morgan fingerprint density at radius 2 is 2.13 bits per heavy atom. The fraction of sp³-hybridized carbons (Fsp3) is 0.308. The highest BCUT2D eigenvalue weighted by atomic mass is 14.7. The third kappa shape index (κ3) is 1.41. The van der Waals surface area contributed by atoms with E-state index in [0.717, 1.165) is 24.9 Å². The Kier molecular flexibility index (Phi) is 1.96. The van der Waals surface area contributed by atoms with Crippen LogP contribution in [0.25, 0.3) is 10.9 Å². The highest BCUT2D eigenvalue weighted by molar-refractivity contribution is 5.79. The van der Waals surface area contributed by atoms with E-state index < -0.39 is 0 Å². The summed E-state index contributed by atoms with van der Waals surface area (Å²) in [6.45, 7) is 0.771. The Balaban J connectivity index is 2.14. The van der Waals surface area contributed by atoms with Crippen molar-refractivity contribution in [1.82, 2.24) is 4.98 Å². The van der Waals surface area contributed by atoms with Gasteiger partial charge in [-0.2, -0.15) is 0 Å². The number of nitrogens with two attached hydrogens (primary N) is 1. The lowest BCUT2D eigenvalue weighted by Crippen LogP contribution is -2.13. The van der Waals surface area contributed by atoms with Crippen molar-refractivity contribution < 1.29 is 0 Å². The van der Waals surface area contributed by atoms with Crippen molar-refractivity contribution in [1.29, 1.82) is 0 Å². The molecule has 0 unspecified atom stereocenters. The van der Waals surface area contributed by atoms with Gasteiger partial charge in [0.25, 0.3) is 0 Å². The van der Waals surface area contributed by atoms with Gasteiger partial charge in [-0.15, -0.1) is 0 Å². The van der Waals surface area contributed by atoms with Crippen molar-refractivity contribution in [3.8, 4) is 0 Å². The van der Waals surface area contributed by atoms with Gasteiger partial charge in [0.1, 0.15) is 0 Å². The molecule has 76 valence electrons. The maximum Gasteiger partial charge on any atom is 0.0705 e. The summed E-state index contributed by atoms with van der Waals surface area (Å²) in [6.07, 6.45) is 2.15. The summed E-state index contributed by atoms with van der Waals surface area (Å²) in [5.41, 5.74) is 9.46. The summed E-state index contributed by atoms with van der Waals surface area (Å²) in [5, 5.41) is 1.24. The number of hydrogen-bond donors (Lipinski definition) is 1. The molecule has 0 amide bonds. The topological polar surface area (TPSA) is 38.9 Å². The van der Waals surface area contributed by atoms with E-state index in [1.807, 2.05) is 6.07 Å². The summed E-state index contributed by atoms with van der Waals surface area (Å²) in [6, 6.07) is 10.6. The Hall–Kier alpha value is -1.41. The van der Waals surface area contributed by atoms with Crippen LogP contribution < -0.4 is 5.73 Å². The van der Waals surface area contributed by atoms with E-state index in [2.05, 4.69) is 24.3 Å². The molecule has 1 aliphatic carbocycles. The van der Waals surface area contributed by atoms with Gasteiger partial charge in [-0.3, -0.25) is 4.98 Å². The lowest BCUT2D eigenvalue weighted by Gasteiger charge is -2.01. The van der Waals surface area contributed by atoms with Crippen LogP contribution in [0.3, 0.4) is 0 Å². The minimum absolute atomic E-state index is 0.601. The second-order valence-corrected chi connectivity index (χ2v) is 4.30. The normalized spacial score (nSPS) is 19.4. The van der Waals surface area contributed by atoms with Crippen molar-refractivity contribution >= 4 is 10.9 Å². The minimum Gasteiger partial charge on any atom is -0.330 e. The predicted octanol–water partition coefficient (Wildman–Crippen LogP) is 1.91. The number of para-hydroxylation sites is 1. The summed E-state index contributed by atoms with van der Waals surface area (Å²) in [5.74, 6) is 0.601. The van der Waals surface area contributed by atoms with Crippen LogP contribution in [0.1, 0.15) is 11.3 Å². The summed E-state index contributed by atoms with van der Waals surface area (Å²) in [7, 11) is 0. The van der Waals surface area contributed by atoms with Crippen LogP contribution in [0, 0.1) is 5.92 Å². The van der Waals surface area contributed by atoms with Crippen LogP contribution in [0.5, 0.6) is 0 Å². The molecule has 2 heteroatoms. The second kappa shape index (κ2) is 3.31. The monoisotopic (exact) mass is 198 g/mol. The highest BCUT2D eigenvalue weighted by Gasteiger charge is 2.21. The molecule has 1 atom stereocenters. The molecule has 0 saturated carbocycles. The largest absolute Gasteiger partial charge is 0.330 e.